The van der Waals surface area contributed by atoms with Crippen molar-refractivity contribution in [2.45, 2.75) is 32.6 Å². The van der Waals surface area contributed by atoms with E-state index in [4.69, 9.17) is 10.8 Å². The lowest BCUT2D eigenvalue weighted by Crippen LogP contribution is -2.12. The molecule has 2 aromatic rings. The third kappa shape index (κ3) is 2.96. The molecule has 1 aromatic carbocycles. The van der Waals surface area contributed by atoms with Crippen LogP contribution in [-0.4, -0.2) is 21.5 Å². The first-order chi connectivity index (χ1) is 8.91. The Morgan fingerprint density at radius 2 is 2.00 bits per heavy atom. The summed E-state index contributed by atoms with van der Waals surface area (Å²) in [6, 6.07) is 9.84. The molecule has 0 radical (unpaired) electrons. The van der Waals surface area contributed by atoms with Gasteiger partial charge in [0.2, 0.25) is 0 Å². The Labute approximate surface area is 113 Å². The van der Waals surface area contributed by atoms with E-state index in [2.05, 4.69) is 25.9 Å². The summed E-state index contributed by atoms with van der Waals surface area (Å²) in [4.78, 5) is 0. The Balaban J connectivity index is 2.41. The lowest BCUT2D eigenvalue weighted by molar-refractivity contribution is 0.299. The Kier molecular flexibility index (Phi) is 3.62. The van der Waals surface area contributed by atoms with Gasteiger partial charge in [0.25, 0.3) is 0 Å². The molecule has 0 amide bonds. The number of nitrogen functional groups attached to an aromatic ring is 1. The van der Waals surface area contributed by atoms with Crippen molar-refractivity contribution in [1.29, 1.82) is 0 Å². The van der Waals surface area contributed by atoms with Gasteiger partial charge in [0.05, 0.1) is 11.4 Å². The van der Waals surface area contributed by atoms with E-state index in [1.807, 2.05) is 30.3 Å². The maximum Gasteiger partial charge on any atom is 0.127 e. The quantitative estimate of drug-likeness (QED) is 0.889. The van der Waals surface area contributed by atoms with E-state index >= 15 is 0 Å². The molecule has 1 aromatic heterocycles. The normalized spacial score (nSPS) is 11.8. The molecule has 0 aliphatic rings. The molecule has 0 unspecified atom stereocenters. The number of aliphatic hydroxyl groups excluding tert-OH is 1. The second-order valence-electron chi connectivity index (χ2n) is 5.76. The van der Waals surface area contributed by atoms with Crippen molar-refractivity contribution >= 4 is 5.82 Å². The molecule has 0 bridgehead atoms. The smallest absolute Gasteiger partial charge is 0.127 e. The Bertz CT molecular complexity index is 567. The second-order valence-corrected chi connectivity index (χ2v) is 5.76. The largest absolute Gasteiger partial charge is 0.396 e. The monoisotopic (exact) mass is 259 g/mol. The Hall–Kier alpha value is -1.81. The minimum atomic E-state index is -0.0257. The topological polar surface area (TPSA) is 64.1 Å². The molecule has 4 nitrogen and oxygen atoms in total. The number of nitrogens with two attached hydrogens (primary N) is 1. The maximum atomic E-state index is 9.00. The van der Waals surface area contributed by atoms with Crippen LogP contribution in [0.25, 0.3) is 5.69 Å². The van der Waals surface area contributed by atoms with E-state index in [1.54, 1.807) is 4.68 Å². The van der Waals surface area contributed by atoms with Gasteiger partial charge in [-0.15, -0.1) is 0 Å². The fraction of sp³-hybridized carbons (Fsp3) is 0.400. The minimum Gasteiger partial charge on any atom is -0.396 e. The summed E-state index contributed by atoms with van der Waals surface area (Å²) in [6.07, 6.45) is 0.640. The average molecular weight is 259 g/mol. The van der Waals surface area contributed by atoms with Gasteiger partial charge in [-0.05, 0) is 24.1 Å². The van der Waals surface area contributed by atoms with Gasteiger partial charge in [-0.2, -0.15) is 5.10 Å². The lowest BCUT2D eigenvalue weighted by atomic mass is 9.92. The summed E-state index contributed by atoms with van der Waals surface area (Å²) in [5, 5.41) is 13.6. The number of aromatic nitrogens is 2. The predicted octanol–water partition coefficient (Wildman–Crippen LogP) is 2.29. The van der Waals surface area contributed by atoms with Crippen LogP contribution in [-0.2, 0) is 11.8 Å². The second kappa shape index (κ2) is 5.05. The molecule has 0 aliphatic carbocycles. The van der Waals surface area contributed by atoms with Crippen LogP contribution in [0.15, 0.2) is 30.3 Å². The van der Waals surface area contributed by atoms with Crippen molar-refractivity contribution in [2.24, 2.45) is 0 Å². The summed E-state index contributed by atoms with van der Waals surface area (Å²) in [5.41, 5.74) is 9.00. The molecular formula is C15H21N3O. The first-order valence-corrected chi connectivity index (χ1v) is 6.48. The summed E-state index contributed by atoms with van der Waals surface area (Å²) in [5.74, 6) is 0.631. The van der Waals surface area contributed by atoms with E-state index in [0.717, 1.165) is 16.9 Å². The Morgan fingerprint density at radius 3 is 2.58 bits per heavy atom. The number of nitrogens with zero attached hydrogens (tertiary/aromatic N) is 2. The van der Waals surface area contributed by atoms with Crippen molar-refractivity contribution in [2.75, 3.05) is 12.3 Å². The summed E-state index contributed by atoms with van der Waals surface area (Å²) in [7, 11) is 0. The van der Waals surface area contributed by atoms with E-state index < -0.39 is 0 Å². The van der Waals surface area contributed by atoms with E-state index in [-0.39, 0.29) is 12.0 Å². The fourth-order valence-corrected chi connectivity index (χ4v) is 1.94. The third-order valence-electron chi connectivity index (χ3n) is 3.06. The highest BCUT2D eigenvalue weighted by Gasteiger charge is 2.19. The number of anilines is 1. The minimum absolute atomic E-state index is 0.0257. The van der Waals surface area contributed by atoms with Crippen LogP contribution >= 0.6 is 0 Å². The zero-order valence-electron chi connectivity index (χ0n) is 11.7. The molecule has 0 atom stereocenters. The number of aliphatic hydroxyl groups is 1. The summed E-state index contributed by atoms with van der Waals surface area (Å²) < 4.78 is 1.75. The molecule has 3 N–H and O–H groups in total. The molecule has 102 valence electrons. The van der Waals surface area contributed by atoms with Crippen molar-refractivity contribution in [3.63, 3.8) is 0 Å². The number of rotatable bonds is 3. The van der Waals surface area contributed by atoms with Crippen molar-refractivity contribution < 1.29 is 5.11 Å². The summed E-state index contributed by atoms with van der Waals surface area (Å²) in [6.45, 7) is 6.48. The Morgan fingerprint density at radius 1 is 1.26 bits per heavy atom. The molecular weight excluding hydrogens is 238 g/mol. The highest BCUT2D eigenvalue weighted by molar-refractivity contribution is 5.45. The van der Waals surface area contributed by atoms with Gasteiger partial charge in [0, 0.05) is 18.1 Å². The molecule has 2 rings (SSSR count). The van der Waals surface area contributed by atoms with Crippen LogP contribution in [0.1, 0.15) is 32.0 Å². The first kappa shape index (κ1) is 13.6. The zero-order chi connectivity index (χ0) is 14.0. The molecule has 0 saturated carbocycles. The van der Waals surface area contributed by atoms with Crippen LogP contribution in [0.2, 0.25) is 0 Å². The number of hydrogen-bond acceptors (Lipinski definition) is 3. The van der Waals surface area contributed by atoms with E-state index in [9.17, 15) is 0 Å². The molecule has 1 heterocycles. The summed E-state index contributed by atoms with van der Waals surface area (Å²) >= 11 is 0. The molecule has 0 fully saturated rings. The van der Waals surface area contributed by atoms with Crippen molar-refractivity contribution in [3.05, 3.63) is 41.6 Å². The van der Waals surface area contributed by atoms with Gasteiger partial charge in [0.15, 0.2) is 0 Å². The van der Waals surface area contributed by atoms with Gasteiger partial charge < -0.3 is 10.8 Å². The zero-order valence-corrected chi connectivity index (χ0v) is 11.7. The van der Waals surface area contributed by atoms with Crippen LogP contribution in [0, 0.1) is 0 Å². The highest BCUT2D eigenvalue weighted by Crippen LogP contribution is 2.24. The SMILES string of the molecule is CC(C)(C)c1cc(N)n(-c2cccc(CCO)c2)n1. The molecule has 0 aliphatic heterocycles. The number of benzene rings is 1. The van der Waals surface area contributed by atoms with Gasteiger partial charge >= 0.3 is 0 Å². The van der Waals surface area contributed by atoms with Gasteiger partial charge in [-0.25, -0.2) is 4.68 Å². The van der Waals surface area contributed by atoms with Gasteiger partial charge in [-0.1, -0.05) is 32.9 Å². The van der Waals surface area contributed by atoms with Crippen LogP contribution in [0.5, 0.6) is 0 Å². The van der Waals surface area contributed by atoms with Crippen molar-refractivity contribution in [3.8, 4) is 5.69 Å². The van der Waals surface area contributed by atoms with Crippen LogP contribution in [0.3, 0.4) is 0 Å². The van der Waals surface area contributed by atoms with Gasteiger partial charge in [0.1, 0.15) is 5.82 Å². The average Bonchev–Trinajstić information content (AvgIpc) is 2.72. The molecule has 0 saturated heterocycles. The van der Waals surface area contributed by atoms with Crippen LogP contribution in [0.4, 0.5) is 5.82 Å². The van der Waals surface area contributed by atoms with E-state index in [0.29, 0.717) is 12.2 Å². The van der Waals surface area contributed by atoms with Crippen molar-refractivity contribution in [1.82, 2.24) is 9.78 Å². The standard InChI is InChI=1S/C15H21N3O/c1-15(2,3)13-10-14(16)18(17-13)12-6-4-5-11(9-12)7-8-19/h4-6,9-10,19H,7-8,16H2,1-3H3. The molecule has 19 heavy (non-hydrogen) atoms. The van der Waals surface area contributed by atoms with Crippen LogP contribution < -0.4 is 5.73 Å². The molecule has 0 spiro atoms. The highest BCUT2D eigenvalue weighted by atomic mass is 16.2. The lowest BCUT2D eigenvalue weighted by Gasteiger charge is -2.14. The number of hydrogen-bond donors (Lipinski definition) is 2. The molecule has 4 heteroatoms. The third-order valence-corrected chi connectivity index (χ3v) is 3.06. The maximum absolute atomic E-state index is 9.00. The fourth-order valence-electron chi connectivity index (χ4n) is 1.94. The predicted molar refractivity (Wildman–Crippen MR) is 77.5 cm³/mol. The van der Waals surface area contributed by atoms with Gasteiger partial charge in [-0.3, -0.25) is 0 Å². The first-order valence-electron chi connectivity index (χ1n) is 6.48. The van der Waals surface area contributed by atoms with E-state index in [1.165, 1.54) is 0 Å².